The van der Waals surface area contributed by atoms with Gasteiger partial charge >= 0.3 is 6.29 Å². The van der Waals surface area contributed by atoms with Crippen molar-refractivity contribution in [2.75, 3.05) is 0 Å². The minimum absolute atomic E-state index is 0.112. The maximum atomic E-state index is 12.5. The summed E-state index contributed by atoms with van der Waals surface area (Å²) in [6.07, 6.45) is -3.63. The molecule has 2 nitrogen and oxygen atoms in total. The second kappa shape index (κ2) is 2.62. The number of hydrogen-bond acceptors (Lipinski definition) is 2. The Morgan fingerprint density at radius 3 is 1.77 bits per heavy atom. The monoisotopic (exact) mass is 226 g/mol. The van der Waals surface area contributed by atoms with E-state index >= 15 is 0 Å². The summed E-state index contributed by atoms with van der Waals surface area (Å²) in [5, 5.41) is 0.281. The second-order valence-corrected chi connectivity index (χ2v) is 3.19. The zero-order valence-electron chi connectivity index (χ0n) is 5.98. The molecule has 1 heterocycles. The summed E-state index contributed by atoms with van der Waals surface area (Å²) in [7, 11) is 0. The van der Waals surface area contributed by atoms with E-state index in [2.05, 4.69) is 9.47 Å². The van der Waals surface area contributed by atoms with Gasteiger partial charge in [0, 0.05) is 12.1 Å². The zero-order chi connectivity index (χ0) is 9.64. The van der Waals surface area contributed by atoms with Crippen LogP contribution >= 0.6 is 23.2 Å². The molecule has 0 aromatic heterocycles. The van der Waals surface area contributed by atoms with Gasteiger partial charge in [0.05, 0.1) is 10.0 Å². The third-order valence-electron chi connectivity index (χ3n) is 1.44. The van der Waals surface area contributed by atoms with E-state index in [0.29, 0.717) is 0 Å². The van der Waals surface area contributed by atoms with Crippen LogP contribution in [0.2, 0.25) is 10.0 Å². The van der Waals surface area contributed by atoms with Crippen molar-refractivity contribution in [1.82, 2.24) is 0 Å². The molecule has 1 aliphatic heterocycles. The van der Waals surface area contributed by atoms with Crippen LogP contribution in [0.25, 0.3) is 0 Å². The summed E-state index contributed by atoms with van der Waals surface area (Å²) in [4.78, 5) is 0. The van der Waals surface area contributed by atoms with Gasteiger partial charge in [0.25, 0.3) is 0 Å². The molecule has 0 spiro atoms. The van der Waals surface area contributed by atoms with Crippen LogP contribution in [0, 0.1) is 0 Å². The Balaban J connectivity index is 2.48. The Morgan fingerprint density at radius 2 is 1.38 bits per heavy atom. The molecule has 2 rings (SSSR count). The molecule has 0 saturated carbocycles. The maximum absolute atomic E-state index is 12.5. The van der Waals surface area contributed by atoms with E-state index < -0.39 is 6.29 Å². The van der Waals surface area contributed by atoms with E-state index in [1.54, 1.807) is 0 Å². The van der Waals surface area contributed by atoms with Gasteiger partial charge in [-0.05, 0) is 0 Å². The number of hydrogen-bond donors (Lipinski definition) is 0. The predicted octanol–water partition coefficient (Wildman–Crippen LogP) is 3.31. The number of halogens is 4. The Labute approximate surface area is 82.0 Å². The molecule has 0 radical (unpaired) electrons. The summed E-state index contributed by atoms with van der Waals surface area (Å²) in [6.45, 7) is 0. The summed E-state index contributed by atoms with van der Waals surface area (Å²) in [5.74, 6) is -0.223. The predicted molar refractivity (Wildman–Crippen MR) is 42.7 cm³/mol. The molecule has 6 heteroatoms. The van der Waals surface area contributed by atoms with E-state index in [1.807, 2.05) is 0 Å². The lowest BCUT2D eigenvalue weighted by Gasteiger charge is -2.04. The minimum atomic E-state index is -3.63. The van der Waals surface area contributed by atoms with Gasteiger partial charge in [0.1, 0.15) is 0 Å². The lowest BCUT2D eigenvalue weighted by molar-refractivity contribution is -0.286. The van der Waals surface area contributed by atoms with E-state index in [0.717, 1.165) is 0 Å². The van der Waals surface area contributed by atoms with Crippen molar-refractivity contribution in [1.29, 1.82) is 0 Å². The molecule has 70 valence electrons. The second-order valence-electron chi connectivity index (χ2n) is 2.38. The quantitative estimate of drug-likeness (QED) is 0.676. The Morgan fingerprint density at radius 1 is 1.00 bits per heavy atom. The minimum Gasteiger partial charge on any atom is -0.395 e. The molecule has 1 aliphatic rings. The van der Waals surface area contributed by atoms with E-state index in [4.69, 9.17) is 23.2 Å². The number of fused-ring (bicyclic) bond motifs is 1. The van der Waals surface area contributed by atoms with Crippen LogP contribution in [0.3, 0.4) is 0 Å². The molecule has 1 aromatic carbocycles. The average Bonchev–Trinajstić information content (AvgIpc) is 2.24. The van der Waals surface area contributed by atoms with Crippen LogP contribution in [0.5, 0.6) is 11.5 Å². The third kappa shape index (κ3) is 1.51. The molecule has 0 fully saturated rings. The van der Waals surface area contributed by atoms with Gasteiger partial charge < -0.3 is 9.47 Å². The number of rotatable bonds is 0. The van der Waals surface area contributed by atoms with Crippen molar-refractivity contribution in [3.63, 3.8) is 0 Å². The van der Waals surface area contributed by atoms with Crippen molar-refractivity contribution < 1.29 is 18.3 Å². The molecule has 1 aromatic rings. The Hall–Kier alpha value is -0.740. The average molecular weight is 227 g/mol. The van der Waals surface area contributed by atoms with Gasteiger partial charge in [-0.3, -0.25) is 0 Å². The fourth-order valence-electron chi connectivity index (χ4n) is 0.947. The first-order valence-corrected chi connectivity index (χ1v) is 3.98. The summed E-state index contributed by atoms with van der Waals surface area (Å²) < 4.78 is 33.2. The molecule has 0 atom stereocenters. The Bertz CT molecular complexity index is 335. The van der Waals surface area contributed by atoms with Crippen LogP contribution in [-0.4, -0.2) is 6.29 Å². The standard InChI is InChI=1S/C7H2Cl2F2O2/c8-3-1-5-6(2-4(3)9)13-7(10,11)12-5/h1-2H. The van der Waals surface area contributed by atoms with Gasteiger partial charge in [-0.15, -0.1) is 8.78 Å². The van der Waals surface area contributed by atoms with E-state index in [1.165, 1.54) is 12.1 Å². The first kappa shape index (κ1) is 8.84. The van der Waals surface area contributed by atoms with Crippen LogP contribution in [0.1, 0.15) is 0 Å². The van der Waals surface area contributed by atoms with Crippen LogP contribution < -0.4 is 9.47 Å². The molecule has 0 bridgehead atoms. The maximum Gasteiger partial charge on any atom is 0.586 e. The molecule has 0 saturated heterocycles. The SMILES string of the molecule is FC1(F)Oc2cc(Cl)c(Cl)cc2O1. The molecular formula is C7H2Cl2F2O2. The third-order valence-corrected chi connectivity index (χ3v) is 2.17. The summed E-state index contributed by atoms with van der Waals surface area (Å²) >= 11 is 11.1. The van der Waals surface area contributed by atoms with Crippen molar-refractivity contribution in [2.45, 2.75) is 6.29 Å². The smallest absolute Gasteiger partial charge is 0.395 e. The fourth-order valence-corrected chi connectivity index (χ4v) is 1.25. The van der Waals surface area contributed by atoms with Gasteiger partial charge in [-0.1, -0.05) is 23.2 Å². The zero-order valence-corrected chi connectivity index (χ0v) is 7.49. The van der Waals surface area contributed by atoms with Gasteiger partial charge in [-0.2, -0.15) is 0 Å². The van der Waals surface area contributed by atoms with E-state index in [9.17, 15) is 8.78 Å². The molecule has 0 N–H and O–H groups in total. The lowest BCUT2D eigenvalue weighted by atomic mass is 10.3. The molecule has 0 unspecified atom stereocenters. The highest BCUT2D eigenvalue weighted by atomic mass is 35.5. The van der Waals surface area contributed by atoms with E-state index in [-0.39, 0.29) is 21.5 Å². The van der Waals surface area contributed by atoms with Crippen molar-refractivity contribution in [2.24, 2.45) is 0 Å². The first-order chi connectivity index (χ1) is 5.98. The van der Waals surface area contributed by atoms with Crippen molar-refractivity contribution in [3.05, 3.63) is 22.2 Å². The number of alkyl halides is 2. The Kier molecular flexibility index (Phi) is 1.78. The number of benzene rings is 1. The highest BCUT2D eigenvalue weighted by molar-refractivity contribution is 6.42. The molecular weight excluding hydrogens is 225 g/mol. The highest BCUT2D eigenvalue weighted by Gasteiger charge is 2.43. The molecule has 13 heavy (non-hydrogen) atoms. The topological polar surface area (TPSA) is 18.5 Å². The van der Waals surface area contributed by atoms with Crippen LogP contribution in [0.15, 0.2) is 12.1 Å². The molecule has 0 aliphatic carbocycles. The van der Waals surface area contributed by atoms with Crippen LogP contribution in [0.4, 0.5) is 8.78 Å². The van der Waals surface area contributed by atoms with Gasteiger partial charge in [0.2, 0.25) is 0 Å². The normalized spacial score (nSPS) is 17.5. The summed E-state index contributed by atoms with van der Waals surface area (Å²) in [6, 6.07) is 2.36. The molecule has 0 amide bonds. The first-order valence-electron chi connectivity index (χ1n) is 3.23. The van der Waals surface area contributed by atoms with Gasteiger partial charge in [0.15, 0.2) is 11.5 Å². The van der Waals surface area contributed by atoms with Crippen molar-refractivity contribution in [3.8, 4) is 11.5 Å². The van der Waals surface area contributed by atoms with Crippen molar-refractivity contribution >= 4 is 23.2 Å². The largest absolute Gasteiger partial charge is 0.586 e. The van der Waals surface area contributed by atoms with Crippen LogP contribution in [-0.2, 0) is 0 Å². The lowest BCUT2D eigenvalue weighted by Crippen LogP contribution is -2.25. The fraction of sp³-hybridized carbons (Fsp3) is 0.143. The highest BCUT2D eigenvalue weighted by Crippen LogP contribution is 2.44. The summed E-state index contributed by atoms with van der Waals surface area (Å²) in [5.41, 5.74) is 0. The number of ether oxygens (including phenoxy) is 2. The van der Waals surface area contributed by atoms with Gasteiger partial charge in [-0.25, -0.2) is 0 Å².